The van der Waals surface area contributed by atoms with Crippen LogP contribution in [0.25, 0.3) is 44.4 Å². The molecular weight excluding hydrogens is 468 g/mol. The minimum absolute atomic E-state index is 0.174. The molecular formula is C28H22ClF2N3O. The number of H-pyrrole nitrogens is 1. The second kappa shape index (κ2) is 11.0. The summed E-state index contributed by atoms with van der Waals surface area (Å²) in [5.41, 5.74) is 12.8. The van der Waals surface area contributed by atoms with Crippen molar-refractivity contribution in [3.05, 3.63) is 112 Å². The molecule has 0 aliphatic carbocycles. The third-order valence-corrected chi connectivity index (χ3v) is 5.82. The standard InChI is InChI=1S/C27H20ClN3O.CH2F2/c28-21-12-10-19(11-13-21)24-16-30-27(32)23-14-22(18-4-2-1-3-5-18)25(31-26(23)24)20-8-6-17(15-29)7-9-20;2-1-3/h1-14,16H,15,29H2,(H,30,32);1H2. The van der Waals surface area contributed by atoms with Crippen molar-refractivity contribution in [3.8, 4) is 33.5 Å². The van der Waals surface area contributed by atoms with Gasteiger partial charge in [-0.2, -0.15) is 0 Å². The lowest BCUT2D eigenvalue weighted by molar-refractivity contribution is 0.295. The summed E-state index contributed by atoms with van der Waals surface area (Å²) in [6.07, 6.45) is 1.71. The van der Waals surface area contributed by atoms with Crippen LogP contribution in [0.2, 0.25) is 5.02 Å². The fourth-order valence-corrected chi connectivity index (χ4v) is 4.01. The molecule has 5 aromatic rings. The van der Waals surface area contributed by atoms with Crippen molar-refractivity contribution in [1.29, 1.82) is 0 Å². The molecule has 0 amide bonds. The average Bonchev–Trinajstić information content (AvgIpc) is 2.90. The van der Waals surface area contributed by atoms with E-state index in [9.17, 15) is 13.6 Å². The van der Waals surface area contributed by atoms with Crippen LogP contribution in [0.1, 0.15) is 5.56 Å². The predicted molar refractivity (Wildman–Crippen MR) is 139 cm³/mol. The monoisotopic (exact) mass is 489 g/mol. The molecule has 2 aromatic heterocycles. The Bertz CT molecular complexity index is 1490. The van der Waals surface area contributed by atoms with Gasteiger partial charge in [0, 0.05) is 34.5 Å². The number of nitrogens with two attached hydrogens (primary N) is 1. The lowest BCUT2D eigenvalue weighted by atomic mass is 9.95. The summed E-state index contributed by atoms with van der Waals surface area (Å²) in [6.45, 7) is -1.27. The Morgan fingerprint density at radius 1 is 0.829 bits per heavy atom. The Morgan fingerprint density at radius 3 is 2.06 bits per heavy atom. The Kier molecular flexibility index (Phi) is 7.65. The van der Waals surface area contributed by atoms with E-state index in [2.05, 4.69) is 4.98 Å². The van der Waals surface area contributed by atoms with E-state index in [1.54, 1.807) is 6.20 Å². The molecule has 0 saturated carbocycles. The van der Waals surface area contributed by atoms with Crippen molar-refractivity contribution in [2.75, 3.05) is 6.93 Å². The fraction of sp³-hybridized carbons (Fsp3) is 0.0714. The quantitative estimate of drug-likeness (QED) is 0.288. The smallest absolute Gasteiger partial charge is 0.257 e. The molecule has 0 saturated heterocycles. The van der Waals surface area contributed by atoms with E-state index >= 15 is 0 Å². The van der Waals surface area contributed by atoms with Gasteiger partial charge < -0.3 is 10.7 Å². The summed E-state index contributed by atoms with van der Waals surface area (Å²) in [6, 6.07) is 27.5. The maximum atomic E-state index is 12.8. The number of benzene rings is 3. The van der Waals surface area contributed by atoms with Crippen molar-refractivity contribution < 1.29 is 8.78 Å². The molecule has 0 spiro atoms. The number of halogens is 3. The van der Waals surface area contributed by atoms with Crippen LogP contribution in [0.15, 0.2) is 95.9 Å². The molecule has 0 bridgehead atoms. The van der Waals surface area contributed by atoms with Gasteiger partial charge in [0.05, 0.1) is 16.6 Å². The van der Waals surface area contributed by atoms with Gasteiger partial charge in [-0.05, 0) is 34.9 Å². The van der Waals surface area contributed by atoms with E-state index in [0.717, 1.165) is 39.1 Å². The van der Waals surface area contributed by atoms with Crippen LogP contribution in [0.3, 0.4) is 0 Å². The van der Waals surface area contributed by atoms with Crippen LogP contribution in [-0.2, 0) is 6.54 Å². The highest BCUT2D eigenvalue weighted by atomic mass is 35.5. The second-order valence-electron chi connectivity index (χ2n) is 7.69. The number of nitrogens with one attached hydrogen (secondary N) is 1. The van der Waals surface area contributed by atoms with E-state index in [1.807, 2.05) is 84.9 Å². The molecule has 0 radical (unpaired) electrons. The largest absolute Gasteiger partial charge is 0.328 e. The summed E-state index contributed by atoms with van der Waals surface area (Å²) in [5.74, 6) is 0. The molecule has 0 unspecified atom stereocenters. The van der Waals surface area contributed by atoms with Gasteiger partial charge >= 0.3 is 0 Å². The summed E-state index contributed by atoms with van der Waals surface area (Å²) in [5, 5.41) is 1.20. The zero-order valence-electron chi connectivity index (χ0n) is 18.6. The number of hydrogen-bond acceptors (Lipinski definition) is 3. The maximum absolute atomic E-state index is 12.8. The van der Waals surface area contributed by atoms with Gasteiger partial charge in [0.25, 0.3) is 5.56 Å². The van der Waals surface area contributed by atoms with Crippen LogP contribution < -0.4 is 11.3 Å². The number of nitrogens with zero attached hydrogens (tertiary/aromatic N) is 1. The van der Waals surface area contributed by atoms with E-state index in [1.165, 1.54) is 0 Å². The normalized spacial score (nSPS) is 10.6. The molecule has 0 fully saturated rings. The Hall–Kier alpha value is -3.87. The van der Waals surface area contributed by atoms with Crippen molar-refractivity contribution in [1.82, 2.24) is 9.97 Å². The van der Waals surface area contributed by atoms with Crippen LogP contribution in [-0.4, -0.2) is 16.9 Å². The molecule has 35 heavy (non-hydrogen) atoms. The number of aromatic nitrogens is 2. The zero-order valence-corrected chi connectivity index (χ0v) is 19.4. The maximum Gasteiger partial charge on any atom is 0.257 e. The first-order valence-electron chi connectivity index (χ1n) is 10.8. The van der Waals surface area contributed by atoms with E-state index in [0.29, 0.717) is 22.5 Å². The van der Waals surface area contributed by atoms with Gasteiger partial charge in [0.2, 0.25) is 6.93 Å². The highest BCUT2D eigenvalue weighted by Crippen LogP contribution is 2.35. The fourth-order valence-electron chi connectivity index (χ4n) is 3.88. The van der Waals surface area contributed by atoms with Gasteiger partial charge in [-0.1, -0.05) is 78.3 Å². The van der Waals surface area contributed by atoms with Gasteiger partial charge in [0.1, 0.15) is 0 Å². The van der Waals surface area contributed by atoms with Crippen molar-refractivity contribution in [2.45, 2.75) is 6.54 Å². The lowest BCUT2D eigenvalue weighted by Gasteiger charge is -2.14. The van der Waals surface area contributed by atoms with Crippen LogP contribution in [0, 0.1) is 0 Å². The van der Waals surface area contributed by atoms with E-state index < -0.39 is 6.93 Å². The third-order valence-electron chi connectivity index (χ3n) is 5.57. The van der Waals surface area contributed by atoms with Crippen LogP contribution in [0.4, 0.5) is 8.78 Å². The minimum atomic E-state index is -1.75. The van der Waals surface area contributed by atoms with Gasteiger partial charge in [-0.3, -0.25) is 4.79 Å². The first kappa shape index (κ1) is 24.3. The molecule has 0 aliphatic heterocycles. The van der Waals surface area contributed by atoms with Gasteiger partial charge in [-0.15, -0.1) is 0 Å². The molecule has 2 heterocycles. The third kappa shape index (κ3) is 5.29. The highest BCUT2D eigenvalue weighted by Gasteiger charge is 2.16. The Morgan fingerprint density at radius 2 is 1.43 bits per heavy atom. The zero-order chi connectivity index (χ0) is 24.8. The lowest BCUT2D eigenvalue weighted by Crippen LogP contribution is -2.08. The number of alkyl halides is 2. The van der Waals surface area contributed by atoms with E-state index in [-0.39, 0.29) is 5.56 Å². The molecule has 3 N–H and O–H groups in total. The van der Waals surface area contributed by atoms with Crippen molar-refractivity contribution >= 4 is 22.5 Å². The Balaban J connectivity index is 0.000000917. The summed E-state index contributed by atoms with van der Waals surface area (Å²) in [7, 11) is 0. The predicted octanol–water partition coefficient (Wildman–Crippen LogP) is 6.92. The van der Waals surface area contributed by atoms with Crippen molar-refractivity contribution in [2.24, 2.45) is 5.73 Å². The van der Waals surface area contributed by atoms with Gasteiger partial charge in [-0.25, -0.2) is 13.8 Å². The summed E-state index contributed by atoms with van der Waals surface area (Å²) < 4.78 is 19.2. The first-order valence-corrected chi connectivity index (χ1v) is 11.2. The molecule has 7 heteroatoms. The average molecular weight is 490 g/mol. The SMILES string of the molecule is FCF.NCc1ccc(-c2nc3c(-c4ccc(Cl)cc4)c[nH]c(=O)c3cc2-c2ccccc2)cc1. The number of aromatic amines is 1. The summed E-state index contributed by atoms with van der Waals surface area (Å²) in [4.78, 5) is 20.7. The molecule has 5 rings (SSSR count). The number of pyridine rings is 2. The van der Waals surface area contributed by atoms with Gasteiger partial charge in [0.15, 0.2) is 0 Å². The molecule has 4 nitrogen and oxygen atoms in total. The number of fused-ring (bicyclic) bond motifs is 1. The highest BCUT2D eigenvalue weighted by molar-refractivity contribution is 6.30. The molecule has 3 aromatic carbocycles. The number of rotatable bonds is 4. The molecule has 176 valence electrons. The topological polar surface area (TPSA) is 71.8 Å². The van der Waals surface area contributed by atoms with Crippen LogP contribution in [0.5, 0.6) is 0 Å². The van der Waals surface area contributed by atoms with Crippen LogP contribution >= 0.6 is 11.6 Å². The molecule has 0 aliphatic rings. The Labute approximate surface area is 206 Å². The van der Waals surface area contributed by atoms with Crippen molar-refractivity contribution in [3.63, 3.8) is 0 Å². The summed E-state index contributed by atoms with van der Waals surface area (Å²) >= 11 is 6.08. The number of hydrogen-bond donors (Lipinski definition) is 2. The molecule has 0 atom stereocenters. The van der Waals surface area contributed by atoms with E-state index in [4.69, 9.17) is 22.3 Å². The second-order valence-corrected chi connectivity index (χ2v) is 8.12. The first-order chi connectivity index (χ1) is 17.0. The minimum Gasteiger partial charge on any atom is -0.328 e.